The van der Waals surface area contributed by atoms with Crippen LogP contribution in [0.25, 0.3) is 11.2 Å². The molecule has 2 aromatic heterocycles. The number of carboxylic acid groups (broad SMARTS) is 2. The molecule has 3 unspecified atom stereocenters. The molecule has 5 N–H and O–H groups in total. The lowest BCUT2D eigenvalue weighted by Crippen LogP contribution is -2.15. The molecule has 1 fully saturated rings. The van der Waals surface area contributed by atoms with Gasteiger partial charge in [-0.2, -0.15) is 0 Å². The van der Waals surface area contributed by atoms with Crippen molar-refractivity contribution < 1.29 is 24.9 Å². The summed E-state index contributed by atoms with van der Waals surface area (Å²) < 4.78 is 7.64. The van der Waals surface area contributed by atoms with Crippen LogP contribution >= 0.6 is 0 Å². The summed E-state index contributed by atoms with van der Waals surface area (Å²) in [5.41, 5.74) is 7.00. The Morgan fingerprint density at radius 2 is 2.14 bits per heavy atom. The summed E-state index contributed by atoms with van der Waals surface area (Å²) in [5, 5.41) is 23.1. The summed E-state index contributed by atoms with van der Waals surface area (Å²) in [5.74, 6) is 0.652. The lowest BCUT2D eigenvalue weighted by atomic mass is 10.1. The minimum atomic E-state index is -1.83. The molecule has 0 saturated carbocycles. The Labute approximate surface area is 125 Å². The first-order chi connectivity index (χ1) is 10.4. The number of nitrogen functional groups attached to an aromatic ring is 1. The number of anilines is 1. The summed E-state index contributed by atoms with van der Waals surface area (Å²) in [7, 11) is 0. The molecule has 0 radical (unpaired) electrons. The molecule has 3 atom stereocenters. The monoisotopic (exact) mass is 311 g/mol. The highest BCUT2D eigenvalue weighted by Crippen LogP contribution is 2.35. The van der Waals surface area contributed by atoms with Crippen LogP contribution in [0.1, 0.15) is 19.6 Å². The van der Waals surface area contributed by atoms with Gasteiger partial charge >= 0.3 is 6.16 Å². The van der Waals surface area contributed by atoms with E-state index in [1.807, 2.05) is 4.57 Å². The number of fused-ring (bicyclic) bond motifs is 1. The van der Waals surface area contributed by atoms with E-state index in [4.69, 9.17) is 30.6 Å². The fourth-order valence-corrected chi connectivity index (χ4v) is 2.43. The molecular formula is C12H17N5O5. The Balaban J connectivity index is 0.000000396. The average Bonchev–Trinajstić information content (AvgIpc) is 3.02. The van der Waals surface area contributed by atoms with Crippen molar-refractivity contribution >= 4 is 23.1 Å². The summed E-state index contributed by atoms with van der Waals surface area (Å²) >= 11 is 0. The summed E-state index contributed by atoms with van der Waals surface area (Å²) in [4.78, 5) is 20.9. The van der Waals surface area contributed by atoms with Gasteiger partial charge in [-0.1, -0.05) is 6.92 Å². The zero-order valence-corrected chi connectivity index (χ0v) is 11.8. The van der Waals surface area contributed by atoms with E-state index in [0.717, 1.165) is 6.42 Å². The number of rotatable bonds is 2. The van der Waals surface area contributed by atoms with Gasteiger partial charge in [0.05, 0.1) is 19.0 Å². The van der Waals surface area contributed by atoms with Crippen LogP contribution in [0, 0.1) is 5.92 Å². The van der Waals surface area contributed by atoms with Crippen molar-refractivity contribution in [3.63, 3.8) is 0 Å². The van der Waals surface area contributed by atoms with Crippen LogP contribution < -0.4 is 5.73 Å². The number of aliphatic hydroxyl groups excluding tert-OH is 1. The molecule has 0 amide bonds. The average molecular weight is 311 g/mol. The molecule has 10 heteroatoms. The zero-order chi connectivity index (χ0) is 16.3. The standard InChI is InChI=1S/C11H15N5O2.CH2O3/c1-6-2-7(3-17)18-11(6)16-5-15-8-9(12)13-4-14-10(8)16;2-1(3)4/h4-7,11,17H,2-3H2,1H3,(H2,12,13,14);(H2,2,3,4). The van der Waals surface area contributed by atoms with Gasteiger partial charge in [0, 0.05) is 5.92 Å². The second-order valence-electron chi connectivity index (χ2n) is 4.91. The second-order valence-corrected chi connectivity index (χ2v) is 4.91. The Kier molecular flexibility index (Phi) is 4.73. The number of nitrogens with two attached hydrogens (primary N) is 1. The van der Waals surface area contributed by atoms with Gasteiger partial charge in [0.25, 0.3) is 0 Å². The van der Waals surface area contributed by atoms with E-state index in [2.05, 4.69) is 21.9 Å². The molecule has 22 heavy (non-hydrogen) atoms. The molecule has 1 aliphatic rings. The van der Waals surface area contributed by atoms with Crippen LogP contribution in [0.4, 0.5) is 10.6 Å². The topological polar surface area (TPSA) is 157 Å². The lowest BCUT2D eigenvalue weighted by molar-refractivity contribution is -0.0294. The highest BCUT2D eigenvalue weighted by Gasteiger charge is 2.34. The highest BCUT2D eigenvalue weighted by molar-refractivity contribution is 5.81. The largest absolute Gasteiger partial charge is 0.503 e. The minimum absolute atomic E-state index is 0.0323. The molecule has 1 saturated heterocycles. The molecule has 0 aromatic carbocycles. The number of aliphatic hydroxyl groups is 1. The summed E-state index contributed by atoms with van der Waals surface area (Å²) in [6, 6.07) is 0. The van der Waals surface area contributed by atoms with E-state index in [1.165, 1.54) is 6.33 Å². The lowest BCUT2D eigenvalue weighted by Gasteiger charge is -2.17. The number of ether oxygens (including phenoxy) is 1. The van der Waals surface area contributed by atoms with Crippen molar-refractivity contribution in [3.05, 3.63) is 12.7 Å². The third-order valence-electron chi connectivity index (χ3n) is 3.32. The van der Waals surface area contributed by atoms with Gasteiger partial charge in [0.1, 0.15) is 18.1 Å². The Morgan fingerprint density at radius 1 is 1.45 bits per heavy atom. The van der Waals surface area contributed by atoms with Crippen LogP contribution in [-0.4, -0.2) is 53.7 Å². The predicted octanol–water partition coefficient (Wildman–Crippen LogP) is 0.547. The molecule has 3 heterocycles. The van der Waals surface area contributed by atoms with Crippen molar-refractivity contribution in [3.8, 4) is 0 Å². The Hall–Kier alpha value is -2.46. The first-order valence-electron chi connectivity index (χ1n) is 6.55. The summed E-state index contributed by atoms with van der Waals surface area (Å²) in [6.45, 7) is 2.11. The fourth-order valence-electron chi connectivity index (χ4n) is 2.43. The van der Waals surface area contributed by atoms with Crippen LogP contribution in [0.5, 0.6) is 0 Å². The zero-order valence-electron chi connectivity index (χ0n) is 11.8. The molecule has 120 valence electrons. The van der Waals surface area contributed by atoms with Gasteiger partial charge < -0.3 is 25.8 Å². The summed E-state index contributed by atoms with van der Waals surface area (Å²) in [6.07, 6.45) is 1.78. The van der Waals surface area contributed by atoms with Gasteiger partial charge in [-0.25, -0.2) is 19.7 Å². The van der Waals surface area contributed by atoms with E-state index >= 15 is 0 Å². The maximum Gasteiger partial charge on any atom is 0.503 e. The van der Waals surface area contributed by atoms with E-state index in [0.29, 0.717) is 17.0 Å². The number of hydrogen-bond acceptors (Lipinski definition) is 7. The van der Waals surface area contributed by atoms with Crippen LogP contribution in [-0.2, 0) is 4.74 Å². The van der Waals surface area contributed by atoms with Gasteiger partial charge in [-0.05, 0) is 6.42 Å². The number of hydrogen-bond donors (Lipinski definition) is 4. The third kappa shape index (κ3) is 3.23. The maximum absolute atomic E-state index is 9.16. The van der Waals surface area contributed by atoms with E-state index < -0.39 is 6.16 Å². The van der Waals surface area contributed by atoms with Gasteiger partial charge in [-0.3, -0.25) is 4.57 Å². The van der Waals surface area contributed by atoms with Gasteiger partial charge in [0.15, 0.2) is 11.5 Å². The molecule has 2 aromatic rings. The molecule has 1 aliphatic heterocycles. The highest BCUT2D eigenvalue weighted by atomic mass is 16.6. The SMILES string of the molecule is CC1CC(CO)OC1n1cnc2c(N)ncnc21.O=C(O)O. The molecule has 0 bridgehead atoms. The normalized spacial score (nSPS) is 24.0. The maximum atomic E-state index is 9.16. The minimum Gasteiger partial charge on any atom is -0.450 e. The van der Waals surface area contributed by atoms with Crippen molar-refractivity contribution in [2.45, 2.75) is 25.7 Å². The fraction of sp³-hybridized carbons (Fsp3) is 0.500. The Bertz CT molecular complexity index is 656. The van der Waals surface area contributed by atoms with E-state index in [-0.39, 0.29) is 24.9 Å². The van der Waals surface area contributed by atoms with Crippen molar-refractivity contribution in [1.29, 1.82) is 0 Å². The second kappa shape index (κ2) is 6.54. The van der Waals surface area contributed by atoms with E-state index in [9.17, 15) is 0 Å². The van der Waals surface area contributed by atoms with Crippen molar-refractivity contribution in [2.24, 2.45) is 5.92 Å². The first kappa shape index (κ1) is 15.9. The molecular weight excluding hydrogens is 294 g/mol. The van der Waals surface area contributed by atoms with Crippen molar-refractivity contribution in [1.82, 2.24) is 19.5 Å². The third-order valence-corrected chi connectivity index (χ3v) is 3.32. The van der Waals surface area contributed by atoms with Crippen LogP contribution in [0.15, 0.2) is 12.7 Å². The van der Waals surface area contributed by atoms with Crippen molar-refractivity contribution in [2.75, 3.05) is 12.3 Å². The van der Waals surface area contributed by atoms with E-state index in [1.54, 1.807) is 6.33 Å². The molecule has 3 rings (SSSR count). The quantitative estimate of drug-likeness (QED) is 0.621. The molecule has 0 aliphatic carbocycles. The van der Waals surface area contributed by atoms with Gasteiger partial charge in [0.2, 0.25) is 0 Å². The molecule has 10 nitrogen and oxygen atoms in total. The number of imidazole rings is 1. The first-order valence-corrected chi connectivity index (χ1v) is 6.55. The van der Waals surface area contributed by atoms with Crippen LogP contribution in [0.2, 0.25) is 0 Å². The number of carbonyl (C=O) groups is 1. The molecule has 0 spiro atoms. The predicted molar refractivity (Wildman–Crippen MR) is 75.2 cm³/mol. The smallest absolute Gasteiger partial charge is 0.450 e. The van der Waals surface area contributed by atoms with Crippen LogP contribution in [0.3, 0.4) is 0 Å². The number of nitrogens with zero attached hydrogens (tertiary/aromatic N) is 4. The number of aromatic nitrogens is 4. The van der Waals surface area contributed by atoms with Gasteiger partial charge in [-0.15, -0.1) is 0 Å². The Morgan fingerprint density at radius 3 is 2.73 bits per heavy atom.